The van der Waals surface area contributed by atoms with Gasteiger partial charge in [-0.2, -0.15) is 0 Å². The van der Waals surface area contributed by atoms with E-state index in [4.69, 9.17) is 9.15 Å². The number of oxazole rings is 1. The molecular weight excluding hydrogens is 216 g/mol. The smallest absolute Gasteiger partial charge is 0.208 e. The van der Waals surface area contributed by atoms with E-state index in [0.717, 1.165) is 37.1 Å². The maximum atomic E-state index is 5.71. The molecule has 0 amide bonds. The normalized spacial score (nSPS) is 16.8. The lowest BCUT2D eigenvalue weighted by atomic mass is 10.0. The first kappa shape index (κ1) is 12.6. The molecule has 0 aromatic carbocycles. The summed E-state index contributed by atoms with van der Waals surface area (Å²) >= 11 is 0. The van der Waals surface area contributed by atoms with Crippen molar-refractivity contribution in [2.24, 2.45) is 5.92 Å². The fourth-order valence-corrected chi connectivity index (χ4v) is 2.39. The quantitative estimate of drug-likeness (QED) is 0.739. The van der Waals surface area contributed by atoms with Crippen LogP contribution in [0.2, 0.25) is 0 Å². The van der Waals surface area contributed by atoms with Crippen molar-refractivity contribution in [3.8, 4) is 0 Å². The average molecular weight is 238 g/mol. The Bertz CT molecular complexity index is 319. The van der Waals surface area contributed by atoms with Gasteiger partial charge < -0.3 is 14.5 Å². The molecule has 0 spiro atoms. The molecule has 1 heterocycles. The van der Waals surface area contributed by atoms with Crippen LogP contribution in [0.3, 0.4) is 0 Å². The second kappa shape index (κ2) is 6.77. The van der Waals surface area contributed by atoms with Crippen LogP contribution in [0.25, 0.3) is 0 Å². The largest absolute Gasteiger partial charge is 0.444 e. The highest BCUT2D eigenvalue weighted by Gasteiger charge is 2.17. The van der Waals surface area contributed by atoms with Crippen LogP contribution in [0.15, 0.2) is 10.6 Å². The van der Waals surface area contributed by atoms with Crippen molar-refractivity contribution >= 4 is 0 Å². The van der Waals surface area contributed by atoms with Gasteiger partial charge in [-0.05, 0) is 5.92 Å². The molecule has 96 valence electrons. The molecule has 17 heavy (non-hydrogen) atoms. The molecule has 1 N–H and O–H groups in total. The van der Waals surface area contributed by atoms with Crippen molar-refractivity contribution in [1.29, 1.82) is 0 Å². The Morgan fingerprint density at radius 1 is 1.47 bits per heavy atom. The summed E-state index contributed by atoms with van der Waals surface area (Å²) in [6.45, 7) is 2.24. The predicted molar refractivity (Wildman–Crippen MR) is 65.7 cm³/mol. The van der Waals surface area contributed by atoms with Crippen molar-refractivity contribution in [2.75, 3.05) is 20.3 Å². The fraction of sp³-hybridized carbons (Fsp3) is 0.769. The third-order valence-corrected chi connectivity index (χ3v) is 3.33. The molecule has 1 aromatic heterocycles. The van der Waals surface area contributed by atoms with E-state index in [1.165, 1.54) is 25.7 Å². The minimum atomic E-state index is 0.689. The van der Waals surface area contributed by atoms with Crippen LogP contribution in [0.4, 0.5) is 0 Å². The number of aromatic nitrogens is 1. The van der Waals surface area contributed by atoms with Crippen LogP contribution in [0.1, 0.15) is 37.3 Å². The lowest BCUT2D eigenvalue weighted by molar-refractivity contribution is 0.198. The molecule has 0 unspecified atom stereocenters. The first-order chi connectivity index (χ1) is 8.38. The number of hydrogen-bond acceptors (Lipinski definition) is 4. The molecule has 4 nitrogen and oxygen atoms in total. The van der Waals surface area contributed by atoms with E-state index in [-0.39, 0.29) is 0 Å². The fourth-order valence-electron chi connectivity index (χ4n) is 2.39. The summed E-state index contributed by atoms with van der Waals surface area (Å²) in [5.74, 6) is 2.65. The number of hydrogen-bond donors (Lipinski definition) is 1. The lowest BCUT2D eigenvalue weighted by Gasteiger charge is -2.04. The third kappa shape index (κ3) is 4.13. The number of rotatable bonds is 7. The Labute approximate surface area is 103 Å². The number of ether oxygens (including phenoxy) is 1. The standard InChI is InChI=1S/C13H22N2O2/c1-16-7-6-14-10-13-15-9-12(17-13)8-11-4-2-3-5-11/h9,11,14H,2-8,10H2,1H3. The van der Waals surface area contributed by atoms with Gasteiger partial charge in [0.2, 0.25) is 5.89 Å². The molecule has 4 heteroatoms. The van der Waals surface area contributed by atoms with Crippen molar-refractivity contribution < 1.29 is 9.15 Å². The van der Waals surface area contributed by atoms with Gasteiger partial charge in [-0.3, -0.25) is 0 Å². The van der Waals surface area contributed by atoms with Gasteiger partial charge >= 0.3 is 0 Å². The molecule has 1 aromatic rings. The molecule has 0 saturated heterocycles. The number of nitrogens with zero attached hydrogens (tertiary/aromatic N) is 1. The zero-order valence-electron chi connectivity index (χ0n) is 10.6. The van der Waals surface area contributed by atoms with Crippen LogP contribution < -0.4 is 5.32 Å². The Hall–Kier alpha value is -0.870. The second-order valence-corrected chi connectivity index (χ2v) is 4.74. The van der Waals surface area contributed by atoms with Gasteiger partial charge in [-0.15, -0.1) is 0 Å². The maximum Gasteiger partial charge on any atom is 0.208 e. The van der Waals surface area contributed by atoms with Gasteiger partial charge in [0.15, 0.2) is 0 Å². The van der Waals surface area contributed by atoms with Gasteiger partial charge in [0.1, 0.15) is 5.76 Å². The van der Waals surface area contributed by atoms with Gasteiger partial charge in [-0.25, -0.2) is 4.98 Å². The van der Waals surface area contributed by atoms with E-state index >= 15 is 0 Å². The Morgan fingerprint density at radius 2 is 2.29 bits per heavy atom. The highest BCUT2D eigenvalue weighted by molar-refractivity contribution is 4.96. The lowest BCUT2D eigenvalue weighted by Crippen LogP contribution is -2.18. The molecular formula is C13H22N2O2. The first-order valence-electron chi connectivity index (χ1n) is 6.51. The zero-order valence-corrected chi connectivity index (χ0v) is 10.6. The minimum Gasteiger partial charge on any atom is -0.444 e. The Kier molecular flexibility index (Phi) is 5.01. The Balaban J connectivity index is 1.71. The molecule has 0 atom stereocenters. The second-order valence-electron chi connectivity index (χ2n) is 4.74. The highest BCUT2D eigenvalue weighted by Crippen LogP contribution is 2.28. The van der Waals surface area contributed by atoms with Crippen LogP contribution in [0, 0.1) is 5.92 Å². The molecule has 1 saturated carbocycles. The van der Waals surface area contributed by atoms with Crippen LogP contribution >= 0.6 is 0 Å². The monoisotopic (exact) mass is 238 g/mol. The Morgan fingerprint density at radius 3 is 3.06 bits per heavy atom. The summed E-state index contributed by atoms with van der Waals surface area (Å²) in [4.78, 5) is 4.29. The number of nitrogens with one attached hydrogen (secondary N) is 1. The van der Waals surface area contributed by atoms with Crippen LogP contribution in [-0.4, -0.2) is 25.2 Å². The zero-order chi connectivity index (χ0) is 11.9. The van der Waals surface area contributed by atoms with Gasteiger partial charge in [0.05, 0.1) is 19.3 Å². The van der Waals surface area contributed by atoms with Gasteiger partial charge in [0.25, 0.3) is 0 Å². The third-order valence-electron chi connectivity index (χ3n) is 3.33. The van der Waals surface area contributed by atoms with Crippen LogP contribution in [-0.2, 0) is 17.7 Å². The van der Waals surface area contributed by atoms with E-state index in [1.807, 2.05) is 6.20 Å². The summed E-state index contributed by atoms with van der Waals surface area (Å²) in [5.41, 5.74) is 0. The minimum absolute atomic E-state index is 0.689. The van der Waals surface area contributed by atoms with Crippen molar-refractivity contribution in [1.82, 2.24) is 10.3 Å². The first-order valence-corrected chi connectivity index (χ1v) is 6.51. The molecule has 1 fully saturated rings. The van der Waals surface area contributed by atoms with E-state index in [0.29, 0.717) is 6.54 Å². The summed E-state index contributed by atoms with van der Waals surface area (Å²) in [6, 6.07) is 0. The van der Waals surface area contributed by atoms with E-state index in [9.17, 15) is 0 Å². The summed E-state index contributed by atoms with van der Waals surface area (Å²) in [7, 11) is 1.70. The summed E-state index contributed by atoms with van der Waals surface area (Å²) in [5, 5.41) is 3.23. The molecule has 1 aliphatic rings. The molecule has 0 aliphatic heterocycles. The van der Waals surface area contributed by atoms with Crippen molar-refractivity contribution in [2.45, 2.75) is 38.6 Å². The van der Waals surface area contributed by atoms with E-state index in [2.05, 4.69) is 10.3 Å². The molecule has 0 bridgehead atoms. The van der Waals surface area contributed by atoms with Gasteiger partial charge in [0, 0.05) is 20.1 Å². The average Bonchev–Trinajstić information content (AvgIpc) is 2.97. The van der Waals surface area contributed by atoms with Crippen molar-refractivity contribution in [3.63, 3.8) is 0 Å². The SMILES string of the molecule is COCCNCc1ncc(CC2CCCC2)o1. The molecule has 2 rings (SSSR count). The molecule has 1 aliphatic carbocycles. The topological polar surface area (TPSA) is 47.3 Å². The summed E-state index contributed by atoms with van der Waals surface area (Å²) in [6.07, 6.45) is 8.40. The summed E-state index contributed by atoms with van der Waals surface area (Å²) < 4.78 is 10.7. The van der Waals surface area contributed by atoms with Crippen molar-refractivity contribution in [3.05, 3.63) is 17.8 Å². The van der Waals surface area contributed by atoms with Gasteiger partial charge in [-0.1, -0.05) is 25.7 Å². The maximum absolute atomic E-state index is 5.71. The predicted octanol–water partition coefficient (Wildman–Crippen LogP) is 2.14. The molecule has 0 radical (unpaired) electrons. The van der Waals surface area contributed by atoms with Crippen LogP contribution in [0.5, 0.6) is 0 Å². The highest BCUT2D eigenvalue weighted by atomic mass is 16.5. The van der Waals surface area contributed by atoms with E-state index in [1.54, 1.807) is 7.11 Å². The van der Waals surface area contributed by atoms with E-state index < -0.39 is 0 Å². The number of methoxy groups -OCH3 is 1.